The SMILES string of the molecule is O=C(c1ccccc1[N+](=O)[O-])N1CCC2(CCNCC2)C1. The topological polar surface area (TPSA) is 75.5 Å². The Hall–Kier alpha value is -1.95. The number of hydrogen-bond acceptors (Lipinski definition) is 4. The highest BCUT2D eigenvalue weighted by atomic mass is 16.6. The van der Waals surface area contributed by atoms with Crippen LogP contribution in [0.1, 0.15) is 29.6 Å². The molecule has 6 heteroatoms. The number of para-hydroxylation sites is 1. The Kier molecular flexibility index (Phi) is 3.63. The van der Waals surface area contributed by atoms with Crippen LogP contribution >= 0.6 is 0 Å². The smallest absolute Gasteiger partial charge is 0.282 e. The maximum absolute atomic E-state index is 12.6. The van der Waals surface area contributed by atoms with Crippen molar-refractivity contribution < 1.29 is 9.72 Å². The van der Waals surface area contributed by atoms with Crippen molar-refractivity contribution in [2.75, 3.05) is 26.2 Å². The molecule has 6 nitrogen and oxygen atoms in total. The maximum Gasteiger partial charge on any atom is 0.282 e. The Bertz CT molecular complexity index is 567. The van der Waals surface area contributed by atoms with Gasteiger partial charge in [-0.1, -0.05) is 12.1 Å². The summed E-state index contributed by atoms with van der Waals surface area (Å²) in [4.78, 5) is 25.0. The number of likely N-dealkylation sites (tertiary alicyclic amines) is 1. The second-order valence-corrected chi connectivity index (χ2v) is 6.00. The molecule has 1 N–H and O–H groups in total. The molecule has 0 saturated carbocycles. The molecule has 3 rings (SSSR count). The summed E-state index contributed by atoms with van der Waals surface area (Å²) in [5.74, 6) is -0.210. The zero-order valence-corrected chi connectivity index (χ0v) is 11.9. The second-order valence-electron chi connectivity index (χ2n) is 6.00. The lowest BCUT2D eigenvalue weighted by atomic mass is 9.78. The van der Waals surface area contributed by atoms with E-state index in [1.165, 1.54) is 6.07 Å². The summed E-state index contributed by atoms with van der Waals surface area (Å²) in [6, 6.07) is 6.21. The predicted octanol–water partition coefficient (Wildman–Crippen LogP) is 1.81. The number of nitro groups is 1. The van der Waals surface area contributed by atoms with Gasteiger partial charge < -0.3 is 10.2 Å². The average Bonchev–Trinajstić information content (AvgIpc) is 2.91. The van der Waals surface area contributed by atoms with Gasteiger partial charge in [-0.15, -0.1) is 0 Å². The summed E-state index contributed by atoms with van der Waals surface area (Å²) in [6.45, 7) is 3.41. The van der Waals surface area contributed by atoms with Crippen LogP contribution in [0, 0.1) is 15.5 Å². The molecule has 1 spiro atoms. The molecule has 112 valence electrons. The second kappa shape index (κ2) is 5.44. The molecule has 1 amide bonds. The standard InChI is InChI=1S/C15H19N3O3/c19-14(12-3-1-2-4-13(12)18(20)21)17-10-7-15(11-17)5-8-16-9-6-15/h1-4,16H,5-11H2. The van der Waals surface area contributed by atoms with Crippen LogP contribution < -0.4 is 5.32 Å². The van der Waals surface area contributed by atoms with Crippen LogP contribution in [0.2, 0.25) is 0 Å². The van der Waals surface area contributed by atoms with Gasteiger partial charge in [-0.3, -0.25) is 14.9 Å². The van der Waals surface area contributed by atoms with E-state index in [1.807, 2.05) is 0 Å². The molecule has 1 aromatic rings. The van der Waals surface area contributed by atoms with Gasteiger partial charge >= 0.3 is 0 Å². The molecule has 2 aliphatic rings. The van der Waals surface area contributed by atoms with Gasteiger partial charge in [0.15, 0.2) is 0 Å². The molecule has 21 heavy (non-hydrogen) atoms. The minimum absolute atomic E-state index is 0.103. The highest BCUT2D eigenvalue weighted by Gasteiger charge is 2.41. The van der Waals surface area contributed by atoms with Crippen LogP contribution in [0.15, 0.2) is 24.3 Å². The Morgan fingerprint density at radius 1 is 1.24 bits per heavy atom. The van der Waals surface area contributed by atoms with Crippen molar-refractivity contribution in [2.24, 2.45) is 5.41 Å². The van der Waals surface area contributed by atoms with Crippen molar-refractivity contribution in [1.82, 2.24) is 10.2 Å². The zero-order chi connectivity index (χ0) is 14.9. The molecule has 2 heterocycles. The minimum Gasteiger partial charge on any atom is -0.338 e. The molecule has 0 radical (unpaired) electrons. The predicted molar refractivity (Wildman–Crippen MR) is 78.2 cm³/mol. The summed E-state index contributed by atoms with van der Waals surface area (Å²) in [5.41, 5.74) is 0.312. The molecular formula is C15H19N3O3. The fourth-order valence-corrected chi connectivity index (χ4v) is 3.46. The molecule has 2 saturated heterocycles. The van der Waals surface area contributed by atoms with Gasteiger partial charge in [0.25, 0.3) is 11.6 Å². The van der Waals surface area contributed by atoms with Crippen molar-refractivity contribution in [3.8, 4) is 0 Å². The molecule has 0 aromatic heterocycles. The number of benzene rings is 1. The lowest BCUT2D eigenvalue weighted by Gasteiger charge is -2.33. The number of rotatable bonds is 2. The zero-order valence-electron chi connectivity index (χ0n) is 11.9. The highest BCUT2D eigenvalue weighted by Crippen LogP contribution is 2.39. The Labute approximate surface area is 123 Å². The van der Waals surface area contributed by atoms with E-state index < -0.39 is 4.92 Å². The van der Waals surface area contributed by atoms with E-state index >= 15 is 0 Å². The van der Waals surface area contributed by atoms with Crippen LogP contribution in [0.4, 0.5) is 5.69 Å². The number of carbonyl (C=O) groups is 1. The van der Waals surface area contributed by atoms with Crippen molar-refractivity contribution in [3.63, 3.8) is 0 Å². The molecule has 0 unspecified atom stereocenters. The van der Waals surface area contributed by atoms with E-state index in [2.05, 4.69) is 5.32 Å². The number of nitrogens with one attached hydrogen (secondary N) is 1. The number of hydrogen-bond donors (Lipinski definition) is 1. The van der Waals surface area contributed by atoms with Crippen LogP contribution in [-0.2, 0) is 0 Å². The van der Waals surface area contributed by atoms with Gasteiger partial charge in [0.1, 0.15) is 5.56 Å². The van der Waals surface area contributed by atoms with Crippen LogP contribution in [-0.4, -0.2) is 41.9 Å². The third-order valence-electron chi connectivity index (χ3n) is 4.72. The Morgan fingerprint density at radius 2 is 1.95 bits per heavy atom. The van der Waals surface area contributed by atoms with Gasteiger partial charge in [0.2, 0.25) is 0 Å². The van der Waals surface area contributed by atoms with Crippen LogP contribution in [0.5, 0.6) is 0 Å². The number of amides is 1. The normalized spacial score (nSPS) is 20.7. The largest absolute Gasteiger partial charge is 0.338 e. The van der Waals surface area contributed by atoms with Crippen molar-refractivity contribution >= 4 is 11.6 Å². The van der Waals surface area contributed by atoms with Gasteiger partial charge in [-0.05, 0) is 43.8 Å². The first kappa shape index (κ1) is 14.0. The monoisotopic (exact) mass is 289 g/mol. The minimum atomic E-state index is -0.483. The number of piperidine rings is 1. The van der Waals surface area contributed by atoms with Gasteiger partial charge in [-0.2, -0.15) is 0 Å². The lowest BCUT2D eigenvalue weighted by molar-refractivity contribution is -0.385. The Morgan fingerprint density at radius 3 is 2.67 bits per heavy atom. The summed E-state index contributed by atoms with van der Waals surface area (Å²) in [5, 5.41) is 14.4. The lowest BCUT2D eigenvalue weighted by Crippen LogP contribution is -2.39. The van der Waals surface area contributed by atoms with E-state index in [9.17, 15) is 14.9 Å². The van der Waals surface area contributed by atoms with E-state index in [-0.39, 0.29) is 22.6 Å². The fraction of sp³-hybridized carbons (Fsp3) is 0.533. The van der Waals surface area contributed by atoms with Crippen LogP contribution in [0.3, 0.4) is 0 Å². The van der Waals surface area contributed by atoms with Crippen molar-refractivity contribution in [3.05, 3.63) is 39.9 Å². The molecule has 0 atom stereocenters. The number of carbonyl (C=O) groups excluding carboxylic acids is 1. The fourth-order valence-electron chi connectivity index (χ4n) is 3.46. The molecule has 0 bridgehead atoms. The molecule has 2 aliphatic heterocycles. The summed E-state index contributed by atoms with van der Waals surface area (Å²) >= 11 is 0. The first-order valence-corrected chi connectivity index (χ1v) is 7.35. The van der Waals surface area contributed by atoms with E-state index in [4.69, 9.17) is 0 Å². The quantitative estimate of drug-likeness (QED) is 0.665. The highest BCUT2D eigenvalue weighted by molar-refractivity contribution is 5.98. The molecule has 1 aromatic carbocycles. The third kappa shape index (κ3) is 2.63. The van der Waals surface area contributed by atoms with E-state index in [0.29, 0.717) is 6.54 Å². The summed E-state index contributed by atoms with van der Waals surface area (Å²) in [7, 11) is 0. The molecule has 2 fully saturated rings. The first-order chi connectivity index (χ1) is 10.1. The van der Waals surface area contributed by atoms with E-state index in [0.717, 1.165) is 38.9 Å². The van der Waals surface area contributed by atoms with Crippen molar-refractivity contribution in [2.45, 2.75) is 19.3 Å². The number of nitrogens with zero attached hydrogens (tertiary/aromatic N) is 2. The Balaban J connectivity index is 1.79. The molecular weight excluding hydrogens is 270 g/mol. The van der Waals surface area contributed by atoms with Gasteiger partial charge in [0, 0.05) is 19.2 Å². The van der Waals surface area contributed by atoms with Crippen molar-refractivity contribution in [1.29, 1.82) is 0 Å². The maximum atomic E-state index is 12.6. The number of nitro benzene ring substituents is 1. The van der Waals surface area contributed by atoms with Gasteiger partial charge in [-0.25, -0.2) is 0 Å². The van der Waals surface area contributed by atoms with Gasteiger partial charge in [0.05, 0.1) is 4.92 Å². The van der Waals surface area contributed by atoms with E-state index in [1.54, 1.807) is 23.1 Å². The average molecular weight is 289 g/mol. The summed E-state index contributed by atoms with van der Waals surface area (Å²) < 4.78 is 0. The molecule has 0 aliphatic carbocycles. The van der Waals surface area contributed by atoms with Crippen LogP contribution in [0.25, 0.3) is 0 Å². The summed E-state index contributed by atoms with van der Waals surface area (Å²) in [6.07, 6.45) is 3.16. The first-order valence-electron chi connectivity index (χ1n) is 7.35. The third-order valence-corrected chi connectivity index (χ3v) is 4.72.